The van der Waals surface area contributed by atoms with Crippen molar-refractivity contribution < 1.29 is 4.74 Å². The first kappa shape index (κ1) is 10.8. The zero-order chi connectivity index (χ0) is 11.7. The Morgan fingerprint density at radius 2 is 1.71 bits per heavy atom. The van der Waals surface area contributed by atoms with Crippen molar-refractivity contribution in [3.05, 3.63) is 35.4 Å². The van der Waals surface area contributed by atoms with Gasteiger partial charge < -0.3 is 4.74 Å². The Hall–Kier alpha value is -1.37. The molecule has 1 saturated heterocycles. The van der Waals surface area contributed by atoms with Crippen LogP contribution >= 0.6 is 0 Å². The van der Waals surface area contributed by atoms with E-state index in [1.165, 1.54) is 11.1 Å². The van der Waals surface area contributed by atoms with E-state index in [1.807, 2.05) is 0 Å². The third kappa shape index (κ3) is 1.74. The Morgan fingerprint density at radius 3 is 2.24 bits per heavy atom. The fourth-order valence-electron chi connectivity index (χ4n) is 2.96. The number of rotatable bonds is 1. The number of benzene rings is 1. The van der Waals surface area contributed by atoms with Crippen LogP contribution in [-0.2, 0) is 17.6 Å². The van der Waals surface area contributed by atoms with Crippen molar-refractivity contribution in [1.82, 2.24) is 4.90 Å². The van der Waals surface area contributed by atoms with Gasteiger partial charge in [-0.2, -0.15) is 5.26 Å². The molecule has 3 rings (SSSR count). The van der Waals surface area contributed by atoms with E-state index in [0.29, 0.717) is 0 Å². The summed E-state index contributed by atoms with van der Waals surface area (Å²) >= 11 is 0. The molecule has 1 aliphatic carbocycles. The minimum Gasteiger partial charge on any atom is -0.379 e. The van der Waals surface area contributed by atoms with Crippen molar-refractivity contribution >= 4 is 0 Å². The lowest BCUT2D eigenvalue weighted by Crippen LogP contribution is -2.53. The molecule has 0 spiro atoms. The SMILES string of the molecule is N#CC1(N2CCOCC2)Cc2ccccc2C1. The maximum atomic E-state index is 9.61. The third-order valence-electron chi connectivity index (χ3n) is 3.91. The molecule has 0 unspecified atom stereocenters. The maximum absolute atomic E-state index is 9.61. The molecule has 17 heavy (non-hydrogen) atoms. The molecule has 1 heterocycles. The van der Waals surface area contributed by atoms with E-state index in [-0.39, 0.29) is 5.54 Å². The summed E-state index contributed by atoms with van der Waals surface area (Å²) in [7, 11) is 0. The van der Waals surface area contributed by atoms with Crippen molar-refractivity contribution in [1.29, 1.82) is 5.26 Å². The Kier molecular flexibility index (Phi) is 2.62. The number of nitrogens with zero attached hydrogens (tertiary/aromatic N) is 2. The van der Waals surface area contributed by atoms with Gasteiger partial charge in [0.05, 0.1) is 19.3 Å². The van der Waals surface area contributed by atoms with Gasteiger partial charge in [-0.3, -0.25) is 4.90 Å². The monoisotopic (exact) mass is 228 g/mol. The van der Waals surface area contributed by atoms with Crippen LogP contribution in [0.5, 0.6) is 0 Å². The molecule has 0 bridgehead atoms. The Bertz CT molecular complexity index is 433. The first-order valence-corrected chi connectivity index (χ1v) is 6.15. The third-order valence-corrected chi connectivity index (χ3v) is 3.91. The number of hydrogen-bond acceptors (Lipinski definition) is 3. The number of hydrogen-bond donors (Lipinski definition) is 0. The van der Waals surface area contributed by atoms with Gasteiger partial charge in [0.1, 0.15) is 5.54 Å². The quantitative estimate of drug-likeness (QED) is 0.728. The van der Waals surface area contributed by atoms with E-state index in [9.17, 15) is 5.26 Å². The highest BCUT2D eigenvalue weighted by Gasteiger charge is 2.42. The second kappa shape index (κ2) is 4.14. The van der Waals surface area contributed by atoms with Gasteiger partial charge >= 0.3 is 0 Å². The number of fused-ring (bicyclic) bond motifs is 1. The molecule has 3 nitrogen and oxygen atoms in total. The maximum Gasteiger partial charge on any atom is 0.117 e. The van der Waals surface area contributed by atoms with Gasteiger partial charge in [0.2, 0.25) is 0 Å². The highest BCUT2D eigenvalue weighted by Crippen LogP contribution is 2.34. The van der Waals surface area contributed by atoms with Gasteiger partial charge in [0.15, 0.2) is 0 Å². The molecule has 0 radical (unpaired) electrons. The number of morpholine rings is 1. The van der Waals surface area contributed by atoms with Crippen LogP contribution in [0.25, 0.3) is 0 Å². The van der Waals surface area contributed by atoms with Crippen LogP contribution in [-0.4, -0.2) is 36.7 Å². The van der Waals surface area contributed by atoms with Crippen LogP contribution in [0.3, 0.4) is 0 Å². The normalized spacial score (nSPS) is 23.0. The van der Waals surface area contributed by atoms with Crippen molar-refractivity contribution in [2.75, 3.05) is 26.3 Å². The Labute approximate surface area is 102 Å². The highest BCUT2D eigenvalue weighted by atomic mass is 16.5. The van der Waals surface area contributed by atoms with Crippen LogP contribution in [0.1, 0.15) is 11.1 Å². The summed E-state index contributed by atoms with van der Waals surface area (Å²) in [5.74, 6) is 0. The average Bonchev–Trinajstić information content (AvgIpc) is 2.79. The molecular formula is C14H16N2O. The summed E-state index contributed by atoms with van der Waals surface area (Å²) < 4.78 is 5.37. The molecule has 0 saturated carbocycles. The second-order valence-corrected chi connectivity index (χ2v) is 4.87. The molecule has 1 fully saturated rings. The van der Waals surface area contributed by atoms with Crippen LogP contribution in [0, 0.1) is 11.3 Å². The fraction of sp³-hybridized carbons (Fsp3) is 0.500. The van der Waals surface area contributed by atoms with Crippen molar-refractivity contribution in [3.63, 3.8) is 0 Å². The lowest BCUT2D eigenvalue weighted by molar-refractivity contribution is -0.000567. The summed E-state index contributed by atoms with van der Waals surface area (Å²) in [6.07, 6.45) is 1.72. The minimum absolute atomic E-state index is 0.326. The number of nitriles is 1. The lowest BCUT2D eigenvalue weighted by atomic mass is 9.94. The fourth-order valence-corrected chi connectivity index (χ4v) is 2.96. The van der Waals surface area contributed by atoms with E-state index < -0.39 is 0 Å². The first-order chi connectivity index (χ1) is 8.34. The van der Waals surface area contributed by atoms with Crippen LogP contribution in [0.15, 0.2) is 24.3 Å². The van der Waals surface area contributed by atoms with E-state index in [0.717, 1.165) is 39.1 Å². The van der Waals surface area contributed by atoms with Gasteiger partial charge in [0, 0.05) is 25.9 Å². The summed E-state index contributed by atoms with van der Waals surface area (Å²) in [5, 5.41) is 9.61. The van der Waals surface area contributed by atoms with Crippen LogP contribution in [0.4, 0.5) is 0 Å². The lowest BCUT2D eigenvalue weighted by Gasteiger charge is -2.38. The zero-order valence-corrected chi connectivity index (χ0v) is 9.85. The molecule has 1 aromatic carbocycles. The predicted octanol–water partition coefficient (Wildman–Crippen LogP) is 1.38. The zero-order valence-electron chi connectivity index (χ0n) is 9.85. The van der Waals surface area contributed by atoms with Crippen molar-refractivity contribution in [3.8, 4) is 6.07 Å². The van der Waals surface area contributed by atoms with Crippen LogP contribution < -0.4 is 0 Å². The molecule has 3 heteroatoms. The Morgan fingerprint density at radius 1 is 1.12 bits per heavy atom. The molecule has 88 valence electrons. The summed E-state index contributed by atoms with van der Waals surface area (Å²) in [4.78, 5) is 2.30. The van der Waals surface area contributed by atoms with E-state index in [4.69, 9.17) is 4.74 Å². The van der Waals surface area contributed by atoms with Crippen molar-refractivity contribution in [2.45, 2.75) is 18.4 Å². The standard InChI is InChI=1S/C14H16N2O/c15-11-14(16-5-7-17-8-6-16)9-12-3-1-2-4-13(12)10-14/h1-4H,5-10H2. The molecule has 0 aromatic heterocycles. The predicted molar refractivity (Wildman–Crippen MR) is 64.6 cm³/mol. The average molecular weight is 228 g/mol. The molecule has 0 amide bonds. The van der Waals surface area contributed by atoms with E-state index >= 15 is 0 Å². The smallest absolute Gasteiger partial charge is 0.117 e. The summed E-state index contributed by atoms with van der Waals surface area (Å²) in [6.45, 7) is 3.25. The van der Waals surface area contributed by atoms with Gasteiger partial charge in [0.25, 0.3) is 0 Å². The summed E-state index contributed by atoms with van der Waals surface area (Å²) in [6, 6.07) is 11.0. The largest absolute Gasteiger partial charge is 0.379 e. The molecule has 2 aliphatic rings. The summed E-state index contributed by atoms with van der Waals surface area (Å²) in [5.41, 5.74) is 2.34. The second-order valence-electron chi connectivity index (χ2n) is 4.87. The first-order valence-electron chi connectivity index (χ1n) is 6.15. The van der Waals surface area contributed by atoms with E-state index in [2.05, 4.69) is 35.2 Å². The van der Waals surface area contributed by atoms with Crippen molar-refractivity contribution in [2.24, 2.45) is 0 Å². The topological polar surface area (TPSA) is 36.3 Å². The highest BCUT2D eigenvalue weighted by molar-refractivity contribution is 5.40. The molecule has 0 atom stereocenters. The minimum atomic E-state index is -0.326. The molecular weight excluding hydrogens is 212 g/mol. The van der Waals surface area contributed by atoms with Gasteiger partial charge in [-0.15, -0.1) is 0 Å². The van der Waals surface area contributed by atoms with Gasteiger partial charge in [-0.25, -0.2) is 0 Å². The number of ether oxygens (including phenoxy) is 1. The molecule has 0 N–H and O–H groups in total. The molecule has 1 aliphatic heterocycles. The van der Waals surface area contributed by atoms with Gasteiger partial charge in [-0.05, 0) is 11.1 Å². The molecule has 1 aromatic rings. The van der Waals surface area contributed by atoms with E-state index in [1.54, 1.807) is 0 Å². The van der Waals surface area contributed by atoms with Gasteiger partial charge in [-0.1, -0.05) is 24.3 Å². The Balaban J connectivity index is 1.89. The van der Waals surface area contributed by atoms with Crippen LogP contribution in [0.2, 0.25) is 0 Å².